The van der Waals surface area contributed by atoms with Crippen molar-refractivity contribution in [3.05, 3.63) is 59.2 Å². The summed E-state index contributed by atoms with van der Waals surface area (Å²) in [4.78, 5) is 23.3. The highest BCUT2D eigenvalue weighted by molar-refractivity contribution is 5.98. The summed E-state index contributed by atoms with van der Waals surface area (Å²) in [5, 5.41) is 9.16. The fraction of sp³-hybridized carbons (Fsp3) is 0.176. The van der Waals surface area contributed by atoms with Gasteiger partial charge in [0.05, 0.1) is 7.11 Å². The van der Waals surface area contributed by atoms with Crippen molar-refractivity contribution in [3.8, 4) is 11.5 Å². The number of para-hydroxylation sites is 1. The first-order valence-electron chi connectivity index (χ1n) is 6.66. The summed E-state index contributed by atoms with van der Waals surface area (Å²) in [6.45, 7) is 1.50. The van der Waals surface area contributed by atoms with Gasteiger partial charge < -0.3 is 14.6 Å². The van der Waals surface area contributed by atoms with E-state index in [2.05, 4.69) is 0 Å². The summed E-state index contributed by atoms with van der Waals surface area (Å²) in [7, 11) is 1.52. The number of carbonyl (C=O) groups is 2. The molecule has 114 valence electrons. The number of hydrogen-bond donors (Lipinski definition) is 1. The molecule has 0 aromatic heterocycles. The number of rotatable bonds is 6. The molecule has 0 heterocycles. The zero-order valence-electron chi connectivity index (χ0n) is 12.3. The molecule has 0 saturated carbocycles. The smallest absolute Gasteiger partial charge is 0.339 e. The Bertz CT molecular complexity index is 706. The molecular weight excluding hydrogens is 284 g/mol. The number of benzene rings is 2. The average Bonchev–Trinajstić information content (AvgIpc) is 2.53. The maximum absolute atomic E-state index is 12.2. The lowest BCUT2D eigenvalue weighted by Crippen LogP contribution is -2.14. The summed E-state index contributed by atoms with van der Waals surface area (Å²) >= 11 is 0. The van der Waals surface area contributed by atoms with Crippen LogP contribution >= 0.6 is 0 Å². The van der Waals surface area contributed by atoms with Crippen molar-refractivity contribution in [2.75, 3.05) is 13.7 Å². The first-order valence-corrected chi connectivity index (χ1v) is 6.66. The fourth-order valence-corrected chi connectivity index (χ4v) is 2.03. The Balaban J connectivity index is 2.16. The molecular formula is C17H16O5. The number of carboxylic acid groups (broad SMARTS) is 1. The van der Waals surface area contributed by atoms with Gasteiger partial charge in [0.15, 0.2) is 12.4 Å². The zero-order chi connectivity index (χ0) is 16.1. The van der Waals surface area contributed by atoms with Gasteiger partial charge in [-0.15, -0.1) is 0 Å². The van der Waals surface area contributed by atoms with Crippen LogP contribution in [0.25, 0.3) is 0 Å². The van der Waals surface area contributed by atoms with E-state index in [1.54, 1.807) is 43.3 Å². The van der Waals surface area contributed by atoms with Crippen LogP contribution in [0.3, 0.4) is 0 Å². The van der Waals surface area contributed by atoms with Gasteiger partial charge in [-0.2, -0.15) is 0 Å². The molecule has 0 amide bonds. The van der Waals surface area contributed by atoms with Crippen molar-refractivity contribution in [3.63, 3.8) is 0 Å². The van der Waals surface area contributed by atoms with Crippen molar-refractivity contribution in [1.82, 2.24) is 0 Å². The quantitative estimate of drug-likeness (QED) is 0.830. The molecule has 0 radical (unpaired) electrons. The van der Waals surface area contributed by atoms with Gasteiger partial charge in [0, 0.05) is 5.56 Å². The van der Waals surface area contributed by atoms with Gasteiger partial charge in [0.1, 0.15) is 17.1 Å². The number of carboxylic acids is 1. The van der Waals surface area contributed by atoms with E-state index in [1.807, 2.05) is 0 Å². The maximum Gasteiger partial charge on any atom is 0.339 e. The van der Waals surface area contributed by atoms with Crippen LogP contribution in [0, 0.1) is 6.92 Å². The molecule has 0 atom stereocenters. The number of ether oxygens (including phenoxy) is 2. The Morgan fingerprint density at radius 3 is 2.55 bits per heavy atom. The number of aromatic carboxylic acids is 1. The van der Waals surface area contributed by atoms with Gasteiger partial charge >= 0.3 is 5.97 Å². The molecule has 0 fully saturated rings. The van der Waals surface area contributed by atoms with Crippen LogP contribution in [0.15, 0.2) is 42.5 Å². The van der Waals surface area contributed by atoms with E-state index in [0.29, 0.717) is 16.9 Å². The highest BCUT2D eigenvalue weighted by atomic mass is 16.5. The Hall–Kier alpha value is -2.82. The zero-order valence-corrected chi connectivity index (χ0v) is 12.3. The third-order valence-electron chi connectivity index (χ3n) is 3.18. The van der Waals surface area contributed by atoms with E-state index in [0.717, 1.165) is 0 Å². The Morgan fingerprint density at radius 2 is 1.86 bits per heavy atom. The topological polar surface area (TPSA) is 72.8 Å². The van der Waals surface area contributed by atoms with E-state index < -0.39 is 5.97 Å². The van der Waals surface area contributed by atoms with Crippen LogP contribution in [0.5, 0.6) is 11.5 Å². The van der Waals surface area contributed by atoms with Crippen molar-refractivity contribution in [1.29, 1.82) is 0 Å². The number of carbonyl (C=O) groups excluding carboxylic acids is 1. The SMILES string of the molecule is COc1cccc(C(=O)COc2c(C)cccc2C(=O)O)c1. The van der Waals surface area contributed by atoms with Crippen LogP contribution in [-0.4, -0.2) is 30.6 Å². The van der Waals surface area contributed by atoms with Gasteiger partial charge in [-0.05, 0) is 30.7 Å². The third-order valence-corrected chi connectivity index (χ3v) is 3.18. The maximum atomic E-state index is 12.2. The Morgan fingerprint density at radius 1 is 1.14 bits per heavy atom. The van der Waals surface area contributed by atoms with Gasteiger partial charge in [0.2, 0.25) is 0 Å². The number of ketones is 1. The molecule has 22 heavy (non-hydrogen) atoms. The number of aryl methyl sites for hydroxylation is 1. The van der Waals surface area contributed by atoms with Crippen molar-refractivity contribution in [2.24, 2.45) is 0 Å². The molecule has 0 aliphatic heterocycles. The predicted octanol–water partition coefficient (Wildman–Crippen LogP) is 2.96. The summed E-state index contributed by atoms with van der Waals surface area (Å²) < 4.78 is 10.5. The molecule has 2 rings (SSSR count). The highest BCUT2D eigenvalue weighted by Gasteiger charge is 2.15. The largest absolute Gasteiger partial charge is 0.497 e. The normalized spacial score (nSPS) is 10.1. The van der Waals surface area contributed by atoms with Crippen LogP contribution in [0.4, 0.5) is 0 Å². The van der Waals surface area contributed by atoms with Crippen LogP contribution < -0.4 is 9.47 Å². The first-order chi connectivity index (χ1) is 10.5. The second kappa shape index (κ2) is 6.76. The monoisotopic (exact) mass is 300 g/mol. The van der Waals surface area contributed by atoms with Crippen LogP contribution in [-0.2, 0) is 0 Å². The van der Waals surface area contributed by atoms with E-state index >= 15 is 0 Å². The molecule has 2 aromatic rings. The summed E-state index contributed by atoms with van der Waals surface area (Å²) in [6.07, 6.45) is 0. The molecule has 0 bridgehead atoms. The Kier molecular flexibility index (Phi) is 4.78. The van der Waals surface area contributed by atoms with Crippen LogP contribution in [0.2, 0.25) is 0 Å². The summed E-state index contributed by atoms with van der Waals surface area (Å²) in [5.41, 5.74) is 1.15. The first kappa shape index (κ1) is 15.6. The van der Waals surface area contributed by atoms with Gasteiger partial charge in [-0.1, -0.05) is 24.3 Å². The third kappa shape index (κ3) is 3.44. The lowest BCUT2D eigenvalue weighted by molar-refractivity contribution is 0.0688. The van der Waals surface area contributed by atoms with E-state index in [4.69, 9.17) is 14.6 Å². The molecule has 0 saturated heterocycles. The minimum Gasteiger partial charge on any atom is -0.497 e. The van der Waals surface area contributed by atoms with E-state index in [9.17, 15) is 9.59 Å². The molecule has 0 aliphatic rings. The lowest BCUT2D eigenvalue weighted by Gasteiger charge is -2.11. The summed E-state index contributed by atoms with van der Waals surface area (Å²) in [6, 6.07) is 11.5. The van der Waals surface area contributed by atoms with E-state index in [1.165, 1.54) is 13.2 Å². The average molecular weight is 300 g/mol. The molecule has 0 unspecified atom stereocenters. The summed E-state index contributed by atoms with van der Waals surface area (Å²) in [5.74, 6) is -0.551. The molecule has 5 heteroatoms. The van der Waals surface area contributed by atoms with Gasteiger partial charge in [-0.25, -0.2) is 4.79 Å². The highest BCUT2D eigenvalue weighted by Crippen LogP contribution is 2.24. The molecule has 5 nitrogen and oxygen atoms in total. The van der Waals surface area contributed by atoms with Gasteiger partial charge in [0.25, 0.3) is 0 Å². The van der Waals surface area contributed by atoms with Gasteiger partial charge in [-0.3, -0.25) is 4.79 Å². The number of Topliss-reactive ketones (excluding diaryl/α,β-unsaturated/α-hetero) is 1. The van der Waals surface area contributed by atoms with E-state index in [-0.39, 0.29) is 23.7 Å². The standard InChI is InChI=1S/C17H16O5/c1-11-5-3-8-14(17(19)20)16(11)22-10-15(18)12-6-4-7-13(9-12)21-2/h3-9H,10H2,1-2H3,(H,19,20). The Labute approximate surface area is 128 Å². The number of methoxy groups -OCH3 is 1. The second-order valence-electron chi connectivity index (χ2n) is 4.70. The molecule has 2 aromatic carbocycles. The minimum atomic E-state index is -1.09. The molecule has 1 N–H and O–H groups in total. The fourth-order valence-electron chi connectivity index (χ4n) is 2.03. The predicted molar refractivity (Wildman–Crippen MR) is 81.0 cm³/mol. The molecule has 0 aliphatic carbocycles. The van der Waals surface area contributed by atoms with Crippen LogP contribution in [0.1, 0.15) is 26.3 Å². The van der Waals surface area contributed by atoms with Crippen molar-refractivity contribution >= 4 is 11.8 Å². The number of hydrogen-bond acceptors (Lipinski definition) is 4. The lowest BCUT2D eigenvalue weighted by atomic mass is 10.1. The second-order valence-corrected chi connectivity index (χ2v) is 4.70. The minimum absolute atomic E-state index is 0.0402. The molecule has 0 spiro atoms. The van der Waals surface area contributed by atoms with Crippen molar-refractivity contribution in [2.45, 2.75) is 6.92 Å². The van der Waals surface area contributed by atoms with Crippen molar-refractivity contribution < 1.29 is 24.2 Å².